The van der Waals surface area contributed by atoms with E-state index >= 15 is 0 Å². The van der Waals surface area contributed by atoms with Gasteiger partial charge in [0.1, 0.15) is 16.9 Å². The van der Waals surface area contributed by atoms with Crippen molar-refractivity contribution < 1.29 is 13.9 Å². The summed E-state index contributed by atoms with van der Waals surface area (Å²) < 4.78 is 13.3. The number of amides is 1. The zero-order chi connectivity index (χ0) is 20.0. The Labute approximate surface area is 179 Å². The molecule has 3 heterocycles. The monoisotopic (exact) mass is 426 g/mol. The number of halogens is 1. The zero-order valence-electron chi connectivity index (χ0n) is 16.7. The number of methoxy groups -OCH3 is 1. The Morgan fingerprint density at radius 1 is 1.23 bits per heavy atom. The number of anilines is 1. The fraction of sp³-hybridized carbons (Fsp3) is 0.273. The minimum Gasteiger partial charge on any atom is -0.495 e. The Morgan fingerprint density at radius 3 is 2.83 bits per heavy atom. The van der Waals surface area contributed by atoms with Gasteiger partial charge in [0, 0.05) is 49.1 Å². The molecular weight excluding hydrogens is 404 g/mol. The smallest absolute Gasteiger partial charge is 0.229 e. The van der Waals surface area contributed by atoms with Crippen molar-refractivity contribution in [3.8, 4) is 5.75 Å². The van der Waals surface area contributed by atoms with Gasteiger partial charge >= 0.3 is 0 Å². The van der Waals surface area contributed by atoms with Crippen LogP contribution in [0.2, 0.25) is 0 Å². The van der Waals surface area contributed by atoms with Crippen LogP contribution in [0.25, 0.3) is 21.9 Å². The molecule has 1 amide bonds. The number of fused-ring (bicyclic) bond motifs is 3. The van der Waals surface area contributed by atoms with Crippen molar-refractivity contribution in [1.29, 1.82) is 0 Å². The van der Waals surface area contributed by atoms with Crippen molar-refractivity contribution in [1.82, 2.24) is 15.1 Å². The van der Waals surface area contributed by atoms with E-state index in [0.29, 0.717) is 18.0 Å². The topological polar surface area (TPSA) is 81.3 Å². The van der Waals surface area contributed by atoms with Gasteiger partial charge in [-0.05, 0) is 17.7 Å². The molecule has 1 aliphatic rings. The Hall–Kier alpha value is -3.03. The Morgan fingerprint density at radius 2 is 2.07 bits per heavy atom. The fourth-order valence-corrected chi connectivity index (χ4v) is 4.18. The van der Waals surface area contributed by atoms with Gasteiger partial charge in [0.2, 0.25) is 5.91 Å². The number of rotatable bonds is 4. The summed E-state index contributed by atoms with van der Waals surface area (Å²) in [5, 5.41) is 12.6. The van der Waals surface area contributed by atoms with Gasteiger partial charge in [-0.2, -0.15) is 5.10 Å². The maximum Gasteiger partial charge on any atom is 0.229 e. The van der Waals surface area contributed by atoms with Gasteiger partial charge < -0.3 is 19.8 Å². The number of hydrogen-bond acceptors (Lipinski definition) is 5. The first-order valence-corrected chi connectivity index (χ1v) is 9.63. The lowest BCUT2D eigenvalue weighted by atomic mass is 9.90. The molecule has 156 valence electrons. The second-order valence-electron chi connectivity index (χ2n) is 7.45. The third-order valence-corrected chi connectivity index (χ3v) is 5.66. The summed E-state index contributed by atoms with van der Waals surface area (Å²) in [6.45, 7) is 1.38. The van der Waals surface area contributed by atoms with E-state index in [1.54, 1.807) is 11.8 Å². The molecule has 1 aliphatic heterocycles. The highest BCUT2D eigenvalue weighted by molar-refractivity contribution is 6.08. The maximum atomic E-state index is 13.1. The van der Waals surface area contributed by atoms with E-state index in [1.165, 1.54) is 0 Å². The standard InChI is InChI=1S/C22H22N4O3.ClH/c1-26-12-13(9-24-26)16-10-23-11-17(16)22(27)25-18-8-20-15(7-21(18)28-2)14-5-3-4-6-19(14)29-20;/h3-9,12,16-17,23H,10-11H2,1-2H3,(H,25,27);1H/t16-,17+;/m1./s1. The van der Waals surface area contributed by atoms with Gasteiger partial charge in [-0.15, -0.1) is 12.4 Å². The van der Waals surface area contributed by atoms with Crippen LogP contribution in [-0.4, -0.2) is 35.9 Å². The second kappa shape index (κ2) is 8.01. The number of nitrogens with zero attached hydrogens (tertiary/aromatic N) is 2. The summed E-state index contributed by atoms with van der Waals surface area (Å²) in [6.07, 6.45) is 3.80. The molecule has 2 atom stereocenters. The molecule has 5 rings (SSSR count). The van der Waals surface area contributed by atoms with Gasteiger partial charge in [-0.25, -0.2) is 0 Å². The van der Waals surface area contributed by atoms with E-state index in [-0.39, 0.29) is 30.2 Å². The second-order valence-corrected chi connectivity index (χ2v) is 7.45. The van der Waals surface area contributed by atoms with E-state index in [9.17, 15) is 4.79 Å². The lowest BCUT2D eigenvalue weighted by Gasteiger charge is -2.18. The average molecular weight is 427 g/mol. The Balaban J connectivity index is 0.00000218. The van der Waals surface area contributed by atoms with Gasteiger partial charge in [0.25, 0.3) is 0 Å². The van der Waals surface area contributed by atoms with Crippen LogP contribution in [0.5, 0.6) is 5.75 Å². The van der Waals surface area contributed by atoms with Crippen LogP contribution in [-0.2, 0) is 11.8 Å². The molecule has 0 saturated carbocycles. The molecule has 2 aromatic heterocycles. The number of nitrogens with one attached hydrogen (secondary N) is 2. The number of carbonyl (C=O) groups is 1. The molecule has 0 spiro atoms. The Bertz CT molecular complexity index is 1220. The predicted octanol–water partition coefficient (Wildman–Crippen LogP) is 3.69. The van der Waals surface area contributed by atoms with E-state index in [0.717, 1.165) is 34.0 Å². The number of para-hydroxylation sites is 1. The van der Waals surface area contributed by atoms with Crippen molar-refractivity contribution in [2.75, 3.05) is 25.5 Å². The lowest BCUT2D eigenvalue weighted by Crippen LogP contribution is -2.28. The molecule has 0 bridgehead atoms. The summed E-state index contributed by atoms with van der Waals surface area (Å²) in [5.41, 5.74) is 3.21. The summed E-state index contributed by atoms with van der Waals surface area (Å²) >= 11 is 0. The SMILES string of the molecule is COc1cc2c(cc1NC(=O)[C@H]1CNC[C@@H]1c1cnn(C)c1)oc1ccccc12.Cl. The highest BCUT2D eigenvalue weighted by atomic mass is 35.5. The number of aryl methyl sites for hydroxylation is 1. The molecule has 7 nitrogen and oxygen atoms in total. The van der Waals surface area contributed by atoms with Crippen molar-refractivity contribution in [3.63, 3.8) is 0 Å². The number of furan rings is 1. The van der Waals surface area contributed by atoms with E-state index in [2.05, 4.69) is 15.7 Å². The van der Waals surface area contributed by atoms with Crippen LogP contribution in [0.3, 0.4) is 0 Å². The third kappa shape index (κ3) is 3.40. The first kappa shape index (κ1) is 20.3. The lowest BCUT2D eigenvalue weighted by molar-refractivity contribution is -0.119. The molecule has 0 radical (unpaired) electrons. The summed E-state index contributed by atoms with van der Waals surface area (Å²) in [5.74, 6) is 0.471. The summed E-state index contributed by atoms with van der Waals surface area (Å²) in [4.78, 5) is 13.1. The van der Waals surface area contributed by atoms with Crippen LogP contribution in [0.1, 0.15) is 11.5 Å². The van der Waals surface area contributed by atoms with E-state index < -0.39 is 0 Å². The summed E-state index contributed by atoms with van der Waals surface area (Å²) in [7, 11) is 3.49. The molecule has 1 saturated heterocycles. The van der Waals surface area contributed by atoms with Crippen molar-refractivity contribution in [3.05, 3.63) is 54.4 Å². The molecule has 1 fully saturated rings. The van der Waals surface area contributed by atoms with Crippen LogP contribution in [0.4, 0.5) is 5.69 Å². The molecule has 0 unspecified atom stereocenters. The average Bonchev–Trinajstić information content (AvgIpc) is 3.44. The molecule has 4 aromatic rings. The third-order valence-electron chi connectivity index (χ3n) is 5.66. The molecule has 2 aromatic carbocycles. The highest BCUT2D eigenvalue weighted by Gasteiger charge is 2.35. The largest absolute Gasteiger partial charge is 0.495 e. The minimum absolute atomic E-state index is 0. The number of benzene rings is 2. The first-order chi connectivity index (χ1) is 14.1. The maximum absolute atomic E-state index is 13.1. The van der Waals surface area contributed by atoms with Crippen LogP contribution < -0.4 is 15.4 Å². The predicted molar refractivity (Wildman–Crippen MR) is 118 cm³/mol. The molecule has 8 heteroatoms. The van der Waals surface area contributed by atoms with E-state index in [4.69, 9.17) is 9.15 Å². The van der Waals surface area contributed by atoms with Crippen LogP contribution >= 0.6 is 12.4 Å². The van der Waals surface area contributed by atoms with Gasteiger partial charge in [0.05, 0.1) is 24.9 Å². The highest BCUT2D eigenvalue weighted by Crippen LogP contribution is 2.37. The van der Waals surface area contributed by atoms with Crippen molar-refractivity contribution in [2.24, 2.45) is 13.0 Å². The molecule has 0 aliphatic carbocycles. The minimum atomic E-state index is -0.185. The fourth-order valence-electron chi connectivity index (χ4n) is 4.18. The van der Waals surface area contributed by atoms with E-state index in [1.807, 2.05) is 55.8 Å². The first-order valence-electron chi connectivity index (χ1n) is 9.63. The quantitative estimate of drug-likeness (QED) is 0.520. The van der Waals surface area contributed by atoms with Gasteiger partial charge in [-0.3, -0.25) is 9.48 Å². The number of carbonyl (C=O) groups excluding carboxylic acids is 1. The molecular formula is C22H23ClN4O3. The summed E-state index contributed by atoms with van der Waals surface area (Å²) in [6, 6.07) is 11.6. The molecule has 2 N–H and O–H groups in total. The van der Waals surface area contributed by atoms with Gasteiger partial charge in [0.15, 0.2) is 0 Å². The van der Waals surface area contributed by atoms with Crippen molar-refractivity contribution >= 4 is 45.9 Å². The van der Waals surface area contributed by atoms with Gasteiger partial charge in [-0.1, -0.05) is 18.2 Å². The molecule has 30 heavy (non-hydrogen) atoms. The van der Waals surface area contributed by atoms with Crippen LogP contribution in [0.15, 0.2) is 53.2 Å². The zero-order valence-corrected chi connectivity index (χ0v) is 17.5. The Kier molecular flexibility index (Phi) is 5.40. The van der Waals surface area contributed by atoms with Crippen molar-refractivity contribution in [2.45, 2.75) is 5.92 Å². The van der Waals surface area contributed by atoms with Crippen LogP contribution in [0, 0.1) is 5.92 Å². The number of aromatic nitrogens is 2. The number of hydrogen-bond donors (Lipinski definition) is 2. The normalized spacial score (nSPS) is 18.5. The number of ether oxygens (including phenoxy) is 1.